The lowest BCUT2D eigenvalue weighted by Crippen LogP contribution is -2.31. The highest BCUT2D eigenvalue weighted by molar-refractivity contribution is 8.15. The summed E-state index contributed by atoms with van der Waals surface area (Å²) >= 11 is 1.20. The van der Waals surface area contributed by atoms with Gasteiger partial charge in [0.2, 0.25) is 5.91 Å². The van der Waals surface area contributed by atoms with Gasteiger partial charge in [0, 0.05) is 11.8 Å². The third kappa shape index (κ3) is 6.05. The van der Waals surface area contributed by atoms with Gasteiger partial charge in [-0.15, -0.1) is 5.10 Å². The van der Waals surface area contributed by atoms with Crippen LogP contribution >= 0.6 is 11.8 Å². The number of carbonyl (C=O) groups is 2. The highest BCUT2D eigenvalue weighted by Gasteiger charge is 2.33. The summed E-state index contributed by atoms with van der Waals surface area (Å²) in [6, 6.07) is 11.5. The lowest BCUT2D eigenvalue weighted by molar-refractivity contribution is -0.137. The zero-order valence-electron chi connectivity index (χ0n) is 23.1. The van der Waals surface area contributed by atoms with Crippen LogP contribution in [0.1, 0.15) is 42.0 Å². The number of aromatic nitrogens is 4. The van der Waals surface area contributed by atoms with Gasteiger partial charge in [-0.05, 0) is 72.9 Å². The summed E-state index contributed by atoms with van der Waals surface area (Å²) in [5.74, 6) is 0.764. The number of rotatable bonds is 5. The van der Waals surface area contributed by atoms with Crippen LogP contribution in [0.15, 0.2) is 66.0 Å². The summed E-state index contributed by atoms with van der Waals surface area (Å²) in [4.78, 5) is 40.0. The van der Waals surface area contributed by atoms with Gasteiger partial charge in [0.15, 0.2) is 11.0 Å². The normalized spacial score (nSPS) is 14.7. The van der Waals surface area contributed by atoms with Crippen molar-refractivity contribution in [3.63, 3.8) is 0 Å². The number of amides is 3. The molecule has 0 atom stereocenters. The van der Waals surface area contributed by atoms with E-state index in [0.29, 0.717) is 28.3 Å². The van der Waals surface area contributed by atoms with Crippen LogP contribution < -0.4 is 10.2 Å². The maximum Gasteiger partial charge on any atom is 0.416 e. The fraction of sp³-hybridized carbons (Fsp3) is 0.241. The molecule has 0 saturated carbocycles. The van der Waals surface area contributed by atoms with E-state index in [9.17, 15) is 22.8 Å². The van der Waals surface area contributed by atoms with Crippen LogP contribution in [0.5, 0.6) is 0 Å². The van der Waals surface area contributed by atoms with Crippen molar-refractivity contribution < 1.29 is 22.8 Å². The fourth-order valence-corrected chi connectivity index (χ4v) is 5.24. The smallest absolute Gasteiger partial charge is 0.290 e. The molecule has 1 aliphatic rings. The zero-order chi connectivity index (χ0) is 30.2. The van der Waals surface area contributed by atoms with Gasteiger partial charge in [-0.25, -0.2) is 19.4 Å². The van der Waals surface area contributed by atoms with E-state index in [0.717, 1.165) is 23.3 Å². The van der Waals surface area contributed by atoms with Gasteiger partial charge >= 0.3 is 12.2 Å². The molecule has 13 heteroatoms. The predicted molar refractivity (Wildman–Crippen MR) is 156 cm³/mol. The first-order valence-corrected chi connectivity index (χ1v) is 13.9. The number of hydrogen-bond acceptors (Lipinski definition) is 6. The number of nitrogens with one attached hydrogen (secondary N) is 1. The topological polar surface area (TPSA) is 105 Å². The van der Waals surface area contributed by atoms with E-state index in [2.05, 4.69) is 25.4 Å². The Morgan fingerprint density at radius 1 is 1.07 bits per heavy atom. The van der Waals surface area contributed by atoms with E-state index in [-0.39, 0.29) is 28.6 Å². The second-order valence-corrected chi connectivity index (χ2v) is 10.9. The molecular weight excluding hydrogens is 567 g/mol. The van der Waals surface area contributed by atoms with E-state index >= 15 is 0 Å². The number of anilines is 2. The number of halogens is 3. The maximum atomic E-state index is 12.9. The van der Waals surface area contributed by atoms with E-state index in [1.54, 1.807) is 13.0 Å². The molecule has 0 spiro atoms. The van der Waals surface area contributed by atoms with Crippen molar-refractivity contribution in [2.24, 2.45) is 4.99 Å². The number of hydrogen-bond donors (Lipinski definition) is 1. The number of aryl methyl sites for hydroxylation is 2. The fourth-order valence-electron chi connectivity index (χ4n) is 4.38. The highest BCUT2D eigenvalue weighted by atomic mass is 32.2. The first-order chi connectivity index (χ1) is 19.9. The minimum Gasteiger partial charge on any atom is -0.290 e. The van der Waals surface area contributed by atoms with Gasteiger partial charge in [-0.3, -0.25) is 15.0 Å². The van der Waals surface area contributed by atoms with E-state index in [1.165, 1.54) is 46.0 Å². The van der Waals surface area contributed by atoms with Crippen LogP contribution in [0.4, 0.5) is 29.5 Å². The lowest BCUT2D eigenvalue weighted by atomic mass is 9.99. The maximum absolute atomic E-state index is 12.9. The van der Waals surface area contributed by atoms with Crippen LogP contribution in [0, 0.1) is 13.8 Å². The minimum atomic E-state index is -4.43. The molecule has 3 amide bonds. The Bertz CT molecular complexity index is 1700. The van der Waals surface area contributed by atoms with Crippen molar-refractivity contribution in [2.45, 2.75) is 39.8 Å². The second-order valence-electron chi connectivity index (χ2n) is 10.0. The van der Waals surface area contributed by atoms with Crippen molar-refractivity contribution in [2.75, 3.05) is 16.0 Å². The van der Waals surface area contributed by atoms with Crippen LogP contribution in [-0.2, 0) is 11.0 Å². The third-order valence-electron chi connectivity index (χ3n) is 6.52. The first-order valence-electron chi connectivity index (χ1n) is 12.9. The molecule has 9 nitrogen and oxygen atoms in total. The second kappa shape index (κ2) is 11.4. The largest absolute Gasteiger partial charge is 0.416 e. The van der Waals surface area contributed by atoms with E-state index in [1.807, 2.05) is 39.0 Å². The van der Waals surface area contributed by atoms with Gasteiger partial charge < -0.3 is 0 Å². The molecule has 1 N–H and O–H groups in total. The Labute approximate surface area is 243 Å². The summed E-state index contributed by atoms with van der Waals surface area (Å²) in [6.07, 6.45) is -1.56. The van der Waals surface area contributed by atoms with Crippen LogP contribution in [0.25, 0.3) is 17.1 Å². The first kappa shape index (κ1) is 29.0. The monoisotopic (exact) mass is 593 g/mol. The van der Waals surface area contributed by atoms with Crippen LogP contribution in [-0.4, -0.2) is 42.6 Å². The average molecular weight is 594 g/mol. The molecule has 3 heterocycles. The van der Waals surface area contributed by atoms with E-state index in [4.69, 9.17) is 0 Å². The summed E-state index contributed by atoms with van der Waals surface area (Å²) in [7, 11) is 0. The van der Waals surface area contributed by atoms with Crippen molar-refractivity contribution in [1.82, 2.24) is 19.7 Å². The molecule has 0 aliphatic carbocycles. The van der Waals surface area contributed by atoms with Gasteiger partial charge in [0.1, 0.15) is 12.1 Å². The summed E-state index contributed by atoms with van der Waals surface area (Å²) in [5, 5.41) is 7.31. The Kier molecular flexibility index (Phi) is 7.87. The Hall–Kier alpha value is -4.52. The number of urea groups is 1. The summed E-state index contributed by atoms with van der Waals surface area (Å²) in [6.45, 7) is 7.77. The molecule has 4 aromatic rings. The molecule has 0 bridgehead atoms. The van der Waals surface area contributed by atoms with E-state index < -0.39 is 17.8 Å². The number of pyridine rings is 1. The number of alkyl halides is 3. The highest BCUT2D eigenvalue weighted by Crippen LogP contribution is 2.34. The number of benzene rings is 2. The molecule has 216 valence electrons. The standard InChI is InChI=1S/C29H26F3N7O2S/c1-16(2)22-10-5-17(3)11-23(22)39-24(40)14-42-28(39)36-27(41)35-25-18(4)12-19(13-33-25)26-34-15-38(37-26)21-8-6-20(7-9-21)29(30,31)32/h5-13,15-16H,14H2,1-4H3,(H,33,35,41). The predicted octanol–water partition coefficient (Wildman–Crippen LogP) is 6.76. The molecule has 1 aliphatic heterocycles. The van der Waals surface area contributed by atoms with Gasteiger partial charge in [-0.2, -0.15) is 18.2 Å². The van der Waals surface area contributed by atoms with Crippen molar-refractivity contribution >= 4 is 40.4 Å². The average Bonchev–Trinajstić information content (AvgIpc) is 3.56. The number of aliphatic imine (C=N–C) groups is 1. The quantitative estimate of drug-likeness (QED) is 0.274. The van der Waals surface area contributed by atoms with Crippen molar-refractivity contribution in [3.8, 4) is 17.1 Å². The van der Waals surface area contributed by atoms with Crippen LogP contribution in [0.2, 0.25) is 0 Å². The molecule has 5 rings (SSSR count). The van der Waals surface area contributed by atoms with Crippen molar-refractivity contribution in [3.05, 3.63) is 83.3 Å². The molecule has 1 saturated heterocycles. The van der Waals surface area contributed by atoms with Gasteiger partial charge in [0.25, 0.3) is 0 Å². The zero-order valence-corrected chi connectivity index (χ0v) is 23.9. The number of amidine groups is 1. The third-order valence-corrected chi connectivity index (χ3v) is 7.45. The minimum absolute atomic E-state index is 0.152. The molecule has 1 fully saturated rings. The molecule has 42 heavy (non-hydrogen) atoms. The Balaban J connectivity index is 1.33. The van der Waals surface area contributed by atoms with Gasteiger partial charge in [-0.1, -0.05) is 37.7 Å². The SMILES string of the molecule is Cc1ccc(C(C)C)c(N2C(=O)CSC2=NC(=O)Nc2ncc(-c3ncn(-c4ccc(C(F)(F)F)cc4)n3)cc2C)c1. The van der Waals surface area contributed by atoms with Gasteiger partial charge in [0.05, 0.1) is 22.7 Å². The molecule has 2 aromatic heterocycles. The molecular formula is C29H26F3N7O2S. The number of carbonyl (C=O) groups excluding carboxylic acids is 2. The number of nitrogens with zero attached hydrogens (tertiary/aromatic N) is 6. The summed E-state index contributed by atoms with van der Waals surface area (Å²) < 4.78 is 40.0. The number of thioether (sulfide) groups is 1. The van der Waals surface area contributed by atoms with Crippen LogP contribution in [0.3, 0.4) is 0 Å². The van der Waals surface area contributed by atoms with Crippen molar-refractivity contribution in [1.29, 1.82) is 0 Å². The lowest BCUT2D eigenvalue weighted by Gasteiger charge is -2.22. The molecule has 0 unspecified atom stereocenters. The Morgan fingerprint density at radius 3 is 2.48 bits per heavy atom. The molecule has 0 radical (unpaired) electrons. The molecule has 2 aromatic carbocycles. The summed E-state index contributed by atoms with van der Waals surface area (Å²) in [5.41, 5.74) is 3.50. The Morgan fingerprint density at radius 2 is 1.81 bits per heavy atom.